The smallest absolute Gasteiger partial charge is 0.260 e. The lowest BCUT2D eigenvalue weighted by molar-refractivity contribution is 0.102. The van der Waals surface area contributed by atoms with Gasteiger partial charge in [0.15, 0.2) is 0 Å². The van der Waals surface area contributed by atoms with Gasteiger partial charge >= 0.3 is 0 Å². The molecule has 0 spiro atoms. The Balaban J connectivity index is 1.51. The second-order valence-corrected chi connectivity index (χ2v) is 8.45. The van der Waals surface area contributed by atoms with Crippen molar-refractivity contribution in [1.29, 1.82) is 0 Å². The maximum absolute atomic E-state index is 13.1. The van der Waals surface area contributed by atoms with Crippen molar-refractivity contribution in [2.75, 3.05) is 12.4 Å². The van der Waals surface area contributed by atoms with Crippen molar-refractivity contribution in [2.45, 2.75) is 0 Å². The second kappa shape index (κ2) is 7.31. The van der Waals surface area contributed by atoms with Gasteiger partial charge in [-0.2, -0.15) is 0 Å². The molecule has 0 bridgehead atoms. The van der Waals surface area contributed by atoms with Crippen LogP contribution in [0.2, 0.25) is 0 Å². The first-order chi connectivity index (χ1) is 14.2. The molecule has 4 nitrogen and oxygen atoms in total. The van der Waals surface area contributed by atoms with Crippen LogP contribution in [0.5, 0.6) is 5.75 Å². The molecule has 142 valence electrons. The molecule has 1 N–H and O–H groups in total. The quantitative estimate of drug-likeness (QED) is 0.367. The van der Waals surface area contributed by atoms with Gasteiger partial charge in [0.2, 0.25) is 0 Å². The van der Waals surface area contributed by atoms with E-state index in [4.69, 9.17) is 9.72 Å². The summed E-state index contributed by atoms with van der Waals surface area (Å²) in [6, 6.07) is 21.7. The molecule has 5 aromatic rings. The summed E-state index contributed by atoms with van der Waals surface area (Å²) >= 11 is 3.11. The molecule has 0 radical (unpaired) electrons. The van der Waals surface area contributed by atoms with Crippen molar-refractivity contribution in [3.05, 3.63) is 77.7 Å². The molecule has 0 atom stereocenters. The number of anilines is 1. The normalized spacial score (nSPS) is 11.1. The van der Waals surface area contributed by atoms with E-state index in [-0.39, 0.29) is 5.91 Å². The summed E-state index contributed by atoms with van der Waals surface area (Å²) in [5.41, 5.74) is 2.41. The Hall–Kier alpha value is -3.22. The van der Waals surface area contributed by atoms with Crippen molar-refractivity contribution in [3.63, 3.8) is 0 Å². The van der Waals surface area contributed by atoms with Gasteiger partial charge in [-0.3, -0.25) is 4.79 Å². The average Bonchev–Trinajstić information content (AvgIpc) is 3.39. The van der Waals surface area contributed by atoms with Crippen molar-refractivity contribution >= 4 is 54.6 Å². The number of ether oxygens (including phenoxy) is 1. The molecular formula is C23H16N2O2S2. The first kappa shape index (κ1) is 17.8. The van der Waals surface area contributed by atoms with Gasteiger partial charge in [0, 0.05) is 5.56 Å². The highest BCUT2D eigenvalue weighted by Gasteiger charge is 2.18. The maximum Gasteiger partial charge on any atom is 0.260 e. The van der Waals surface area contributed by atoms with Crippen LogP contribution in [0.25, 0.3) is 31.6 Å². The summed E-state index contributed by atoms with van der Waals surface area (Å²) in [5.74, 6) is 0.358. The molecule has 1 amide bonds. The molecule has 29 heavy (non-hydrogen) atoms. The molecule has 0 aliphatic carbocycles. The predicted molar refractivity (Wildman–Crippen MR) is 121 cm³/mol. The highest BCUT2D eigenvalue weighted by molar-refractivity contribution is 7.22. The van der Waals surface area contributed by atoms with E-state index in [0.717, 1.165) is 36.6 Å². The molecule has 0 aliphatic heterocycles. The highest BCUT2D eigenvalue weighted by Crippen LogP contribution is 2.38. The molecule has 5 rings (SSSR count). The number of hydrogen-bond acceptors (Lipinski definition) is 5. The third kappa shape index (κ3) is 3.26. The van der Waals surface area contributed by atoms with Crippen LogP contribution in [0.3, 0.4) is 0 Å². The third-order valence-electron chi connectivity index (χ3n) is 4.73. The summed E-state index contributed by atoms with van der Waals surface area (Å²) in [4.78, 5) is 17.8. The van der Waals surface area contributed by atoms with E-state index in [9.17, 15) is 4.79 Å². The number of rotatable bonds is 4. The van der Waals surface area contributed by atoms with Crippen molar-refractivity contribution in [1.82, 2.24) is 4.98 Å². The Morgan fingerprint density at radius 1 is 1.00 bits per heavy atom. The number of benzene rings is 3. The Morgan fingerprint density at radius 3 is 2.55 bits per heavy atom. The highest BCUT2D eigenvalue weighted by atomic mass is 32.1. The number of fused-ring (bicyclic) bond motifs is 2. The number of thiazole rings is 1. The van der Waals surface area contributed by atoms with Gasteiger partial charge in [-0.05, 0) is 46.5 Å². The molecule has 0 unspecified atom stereocenters. The monoisotopic (exact) mass is 416 g/mol. The first-order valence-electron chi connectivity index (χ1n) is 9.04. The van der Waals surface area contributed by atoms with Crippen LogP contribution in [0.15, 0.2) is 72.1 Å². The van der Waals surface area contributed by atoms with Gasteiger partial charge in [-0.25, -0.2) is 4.98 Å². The number of hydrogen-bond donors (Lipinski definition) is 1. The number of nitrogens with one attached hydrogen (secondary N) is 1. The summed E-state index contributed by atoms with van der Waals surface area (Å²) in [7, 11) is 1.58. The minimum Gasteiger partial charge on any atom is -0.496 e. The molecule has 6 heteroatoms. The van der Waals surface area contributed by atoms with Gasteiger partial charge in [-0.15, -0.1) is 22.7 Å². The standard InChI is InChI=1S/C23H16N2O2S2/c1-27-19-13-15-7-3-2-6-14(15)12-17(19)21(26)25-22-16(10-11-28-22)23-24-18-8-4-5-9-20(18)29-23/h2-13H,1H3,(H,25,26). The number of para-hydroxylation sites is 1. The zero-order chi connectivity index (χ0) is 19.8. The van der Waals surface area contributed by atoms with Crippen LogP contribution in [-0.2, 0) is 0 Å². The third-order valence-corrected chi connectivity index (χ3v) is 6.63. The number of nitrogens with zero attached hydrogens (tertiary/aromatic N) is 1. The Labute approximate surface area is 175 Å². The van der Waals surface area contributed by atoms with E-state index in [1.165, 1.54) is 11.3 Å². The van der Waals surface area contributed by atoms with E-state index in [0.29, 0.717) is 11.3 Å². The lowest BCUT2D eigenvalue weighted by Gasteiger charge is -2.11. The molecular weight excluding hydrogens is 400 g/mol. The Kier molecular flexibility index (Phi) is 4.50. The lowest BCUT2D eigenvalue weighted by Crippen LogP contribution is -2.13. The first-order valence-corrected chi connectivity index (χ1v) is 10.7. The fourth-order valence-corrected chi connectivity index (χ4v) is 5.14. The number of methoxy groups -OCH3 is 1. The van der Waals surface area contributed by atoms with E-state index >= 15 is 0 Å². The van der Waals surface area contributed by atoms with Crippen molar-refractivity contribution in [3.8, 4) is 16.3 Å². The summed E-state index contributed by atoms with van der Waals surface area (Å²) in [6.45, 7) is 0. The maximum atomic E-state index is 13.1. The van der Waals surface area contributed by atoms with Gasteiger partial charge < -0.3 is 10.1 Å². The van der Waals surface area contributed by atoms with E-state index in [2.05, 4.69) is 11.4 Å². The number of carbonyl (C=O) groups excluding carboxylic acids is 1. The van der Waals surface area contributed by atoms with E-state index in [1.807, 2.05) is 66.0 Å². The van der Waals surface area contributed by atoms with Crippen LogP contribution in [0.1, 0.15) is 10.4 Å². The van der Waals surface area contributed by atoms with Crippen LogP contribution >= 0.6 is 22.7 Å². The molecule has 2 heterocycles. The Morgan fingerprint density at radius 2 is 1.76 bits per heavy atom. The zero-order valence-electron chi connectivity index (χ0n) is 15.5. The predicted octanol–water partition coefficient (Wildman–Crippen LogP) is 6.44. The summed E-state index contributed by atoms with van der Waals surface area (Å²) < 4.78 is 6.61. The van der Waals surface area contributed by atoms with Crippen molar-refractivity contribution < 1.29 is 9.53 Å². The van der Waals surface area contributed by atoms with Gasteiger partial charge in [0.25, 0.3) is 5.91 Å². The summed E-state index contributed by atoms with van der Waals surface area (Å²) in [6.07, 6.45) is 0. The van der Waals surface area contributed by atoms with Crippen LogP contribution in [-0.4, -0.2) is 18.0 Å². The fourth-order valence-electron chi connectivity index (χ4n) is 3.30. The number of amides is 1. The largest absolute Gasteiger partial charge is 0.496 e. The minimum absolute atomic E-state index is 0.197. The molecule has 0 saturated carbocycles. The molecule has 3 aromatic carbocycles. The SMILES string of the molecule is COc1cc2ccccc2cc1C(=O)Nc1sccc1-c1nc2ccccc2s1. The molecule has 0 fully saturated rings. The van der Waals surface area contributed by atoms with Gasteiger partial charge in [0.1, 0.15) is 15.8 Å². The number of thiophene rings is 1. The zero-order valence-corrected chi connectivity index (χ0v) is 17.1. The Bertz CT molecular complexity index is 1320. The second-order valence-electron chi connectivity index (χ2n) is 6.50. The van der Waals surface area contributed by atoms with Gasteiger partial charge in [-0.1, -0.05) is 36.4 Å². The van der Waals surface area contributed by atoms with E-state index < -0.39 is 0 Å². The van der Waals surface area contributed by atoms with Crippen molar-refractivity contribution in [2.24, 2.45) is 0 Å². The number of carbonyl (C=O) groups is 1. The number of aromatic nitrogens is 1. The topological polar surface area (TPSA) is 51.2 Å². The van der Waals surface area contributed by atoms with Gasteiger partial charge in [0.05, 0.1) is 22.9 Å². The molecule has 0 saturated heterocycles. The molecule has 2 aromatic heterocycles. The average molecular weight is 417 g/mol. The molecule has 0 aliphatic rings. The lowest BCUT2D eigenvalue weighted by atomic mass is 10.1. The summed E-state index contributed by atoms with van der Waals surface area (Å²) in [5, 5.41) is 8.73. The van der Waals surface area contributed by atoms with E-state index in [1.54, 1.807) is 18.4 Å². The minimum atomic E-state index is -0.197. The van der Waals surface area contributed by atoms with Crippen LogP contribution in [0.4, 0.5) is 5.00 Å². The van der Waals surface area contributed by atoms with Crippen LogP contribution < -0.4 is 10.1 Å². The fraction of sp³-hybridized carbons (Fsp3) is 0.0435. The van der Waals surface area contributed by atoms with Crippen LogP contribution in [0, 0.1) is 0 Å².